The first kappa shape index (κ1) is 31.5. The molecular formula is C35H34ClFN8O3. The predicted octanol–water partition coefficient (Wildman–Crippen LogP) is 5.75. The maximum atomic E-state index is 14.9. The number of ether oxygens (including phenoxy) is 1. The van der Waals surface area contributed by atoms with E-state index in [4.69, 9.17) is 16.3 Å². The lowest BCUT2D eigenvalue weighted by molar-refractivity contribution is -0.121. The zero-order valence-corrected chi connectivity index (χ0v) is 27.2. The summed E-state index contributed by atoms with van der Waals surface area (Å²) in [6, 6.07) is 16.9. The topological polar surface area (TPSA) is 121 Å². The third-order valence-electron chi connectivity index (χ3n) is 9.20. The van der Waals surface area contributed by atoms with Crippen LogP contribution in [0.2, 0.25) is 5.02 Å². The van der Waals surface area contributed by atoms with Gasteiger partial charge in [-0.05, 0) is 79.8 Å². The van der Waals surface area contributed by atoms with E-state index in [1.165, 1.54) is 21.7 Å². The maximum absolute atomic E-state index is 14.9. The van der Waals surface area contributed by atoms with Gasteiger partial charge in [-0.1, -0.05) is 35.0 Å². The third kappa shape index (κ3) is 5.82. The number of carbonyl (C=O) groups excluding carboxylic acids is 2. The Hall–Kier alpha value is -5.07. The minimum atomic E-state index is -0.963. The second kappa shape index (κ2) is 13.2. The minimum Gasteiger partial charge on any atom is -0.381 e. The lowest BCUT2D eigenvalue weighted by Gasteiger charge is -2.40. The summed E-state index contributed by atoms with van der Waals surface area (Å²) in [5.74, 6) is -0.799. The van der Waals surface area contributed by atoms with Crippen molar-refractivity contribution in [3.05, 3.63) is 106 Å². The van der Waals surface area contributed by atoms with Crippen molar-refractivity contribution < 1.29 is 18.7 Å². The molecule has 246 valence electrons. The first-order valence-corrected chi connectivity index (χ1v) is 16.2. The zero-order valence-electron chi connectivity index (χ0n) is 26.5. The van der Waals surface area contributed by atoms with Crippen LogP contribution in [0.1, 0.15) is 46.2 Å². The molecule has 2 aliphatic rings. The van der Waals surface area contributed by atoms with Gasteiger partial charge in [0.05, 0.1) is 16.8 Å². The lowest BCUT2D eigenvalue weighted by Crippen LogP contribution is -2.46. The average molecular weight is 669 g/mol. The normalized spacial score (nSPS) is 16.5. The number of anilines is 2. The predicted molar refractivity (Wildman–Crippen MR) is 180 cm³/mol. The number of hydrogen-bond acceptors (Lipinski definition) is 7. The highest BCUT2D eigenvalue weighted by molar-refractivity contribution is 6.30. The molecule has 2 aromatic heterocycles. The fourth-order valence-corrected chi connectivity index (χ4v) is 6.84. The van der Waals surface area contributed by atoms with Crippen molar-refractivity contribution in [1.82, 2.24) is 29.9 Å². The van der Waals surface area contributed by atoms with Crippen molar-refractivity contribution in [1.29, 1.82) is 0 Å². The number of rotatable bonds is 7. The van der Waals surface area contributed by atoms with Gasteiger partial charge in [0.1, 0.15) is 17.6 Å². The van der Waals surface area contributed by atoms with E-state index in [0.29, 0.717) is 23.6 Å². The van der Waals surface area contributed by atoms with Gasteiger partial charge in [0, 0.05) is 56.1 Å². The number of halogens is 2. The van der Waals surface area contributed by atoms with Crippen LogP contribution in [0.4, 0.5) is 15.8 Å². The summed E-state index contributed by atoms with van der Waals surface area (Å²) in [6.45, 7) is 3.57. The fourth-order valence-electron chi connectivity index (χ4n) is 6.67. The highest BCUT2D eigenvalue weighted by atomic mass is 35.5. The van der Waals surface area contributed by atoms with Crippen LogP contribution >= 0.6 is 11.6 Å². The molecule has 0 bridgehead atoms. The Morgan fingerprint density at radius 3 is 2.50 bits per heavy atom. The van der Waals surface area contributed by atoms with E-state index in [9.17, 15) is 14.0 Å². The van der Waals surface area contributed by atoms with Crippen molar-refractivity contribution in [2.75, 3.05) is 37.0 Å². The number of carbonyl (C=O) groups is 2. The van der Waals surface area contributed by atoms with Gasteiger partial charge >= 0.3 is 0 Å². The standard InChI is InChI=1S/C35H34ClFN8O3/c1-21-31(41-42-45(21)29-8-4-6-27(36)30(29)37)35(47)44-20-15-25-26(5-3-7-28(25)43-18-13-24(48-2)14-19-43)32(44)34(46)40-23-11-9-22(10-12-23)33-38-16-17-39-33/h3-12,16-17,24,32H,13-15,18-20H2,1-2H3,(H,38,39)(H,40,46). The summed E-state index contributed by atoms with van der Waals surface area (Å²) in [5.41, 5.74) is 4.72. The molecule has 7 rings (SSSR count). The molecule has 0 spiro atoms. The number of aromatic nitrogens is 5. The van der Waals surface area contributed by atoms with Crippen LogP contribution in [0.25, 0.3) is 17.1 Å². The third-order valence-corrected chi connectivity index (χ3v) is 9.49. The molecule has 2 amide bonds. The van der Waals surface area contributed by atoms with Gasteiger partial charge in [-0.3, -0.25) is 9.59 Å². The second-order valence-corrected chi connectivity index (χ2v) is 12.3. The van der Waals surface area contributed by atoms with Crippen LogP contribution < -0.4 is 10.2 Å². The molecule has 1 saturated heterocycles. The van der Waals surface area contributed by atoms with Crippen molar-refractivity contribution in [3.8, 4) is 17.1 Å². The first-order chi connectivity index (χ1) is 23.3. The molecule has 1 atom stereocenters. The summed E-state index contributed by atoms with van der Waals surface area (Å²) in [5, 5.41) is 11.2. The summed E-state index contributed by atoms with van der Waals surface area (Å²) in [4.78, 5) is 39.8. The van der Waals surface area contributed by atoms with Gasteiger partial charge in [0.25, 0.3) is 11.8 Å². The largest absolute Gasteiger partial charge is 0.381 e. The number of amides is 2. The molecule has 13 heteroatoms. The molecule has 5 aromatic rings. The van der Waals surface area contributed by atoms with Gasteiger partial charge in [-0.2, -0.15) is 0 Å². The maximum Gasteiger partial charge on any atom is 0.277 e. The molecule has 3 aromatic carbocycles. The molecular weight excluding hydrogens is 635 g/mol. The molecule has 0 saturated carbocycles. The van der Waals surface area contributed by atoms with E-state index >= 15 is 0 Å². The number of methoxy groups -OCH3 is 1. The molecule has 0 aliphatic carbocycles. The Morgan fingerprint density at radius 1 is 1.02 bits per heavy atom. The Kier molecular flexibility index (Phi) is 8.67. The molecule has 1 fully saturated rings. The van der Waals surface area contributed by atoms with Gasteiger partial charge in [-0.15, -0.1) is 5.10 Å². The zero-order chi connectivity index (χ0) is 33.4. The molecule has 0 radical (unpaired) electrons. The number of benzene rings is 3. The van der Waals surface area contributed by atoms with Crippen LogP contribution in [0.15, 0.2) is 73.1 Å². The lowest BCUT2D eigenvalue weighted by atomic mass is 9.89. The average Bonchev–Trinajstić information content (AvgIpc) is 3.79. The number of piperidine rings is 1. The molecule has 2 N–H and O–H groups in total. The van der Waals surface area contributed by atoms with Crippen LogP contribution in [-0.2, 0) is 16.0 Å². The molecule has 1 unspecified atom stereocenters. The fraction of sp³-hybridized carbons (Fsp3) is 0.286. The quantitative estimate of drug-likeness (QED) is 0.227. The monoisotopic (exact) mass is 668 g/mol. The first-order valence-electron chi connectivity index (χ1n) is 15.8. The van der Waals surface area contributed by atoms with Crippen molar-refractivity contribution in [2.24, 2.45) is 0 Å². The summed E-state index contributed by atoms with van der Waals surface area (Å²) >= 11 is 6.02. The SMILES string of the molecule is COC1CCN(c2cccc3c2CCN(C(=O)c2nnn(-c4cccc(Cl)c4F)c2C)C3C(=O)Nc2ccc(-c3ncc[nH]3)cc2)CC1. The summed E-state index contributed by atoms with van der Waals surface area (Å²) in [6.07, 6.45) is 6.01. The van der Waals surface area contributed by atoms with E-state index in [0.717, 1.165) is 48.3 Å². The van der Waals surface area contributed by atoms with Crippen LogP contribution in [-0.4, -0.2) is 74.5 Å². The van der Waals surface area contributed by atoms with Gasteiger partial charge < -0.3 is 24.8 Å². The number of nitrogens with one attached hydrogen (secondary N) is 2. The number of nitrogens with zero attached hydrogens (tertiary/aromatic N) is 6. The Balaban J connectivity index is 1.23. The Morgan fingerprint density at radius 2 is 1.77 bits per heavy atom. The number of hydrogen-bond donors (Lipinski definition) is 2. The van der Waals surface area contributed by atoms with Crippen molar-refractivity contribution >= 4 is 34.8 Å². The van der Waals surface area contributed by atoms with E-state index < -0.39 is 17.8 Å². The molecule has 4 heterocycles. The number of aromatic amines is 1. The van der Waals surface area contributed by atoms with Crippen molar-refractivity contribution in [3.63, 3.8) is 0 Å². The number of H-pyrrole nitrogens is 1. The van der Waals surface area contributed by atoms with E-state index in [-0.39, 0.29) is 35.0 Å². The summed E-state index contributed by atoms with van der Waals surface area (Å²) < 4.78 is 21.8. The van der Waals surface area contributed by atoms with E-state index in [1.807, 2.05) is 24.3 Å². The molecule has 2 aliphatic heterocycles. The van der Waals surface area contributed by atoms with Gasteiger partial charge in [-0.25, -0.2) is 14.1 Å². The minimum absolute atomic E-state index is 0.0243. The van der Waals surface area contributed by atoms with Crippen LogP contribution in [0.3, 0.4) is 0 Å². The van der Waals surface area contributed by atoms with E-state index in [2.05, 4.69) is 36.6 Å². The number of imidazole rings is 1. The molecule has 48 heavy (non-hydrogen) atoms. The van der Waals surface area contributed by atoms with Crippen LogP contribution in [0, 0.1) is 12.7 Å². The Bertz CT molecular complexity index is 1960. The Labute approximate surface area is 281 Å². The molecule has 11 nitrogen and oxygen atoms in total. The van der Waals surface area contributed by atoms with Gasteiger partial charge in [0.15, 0.2) is 11.5 Å². The van der Waals surface area contributed by atoms with Crippen LogP contribution in [0.5, 0.6) is 0 Å². The van der Waals surface area contributed by atoms with E-state index in [1.54, 1.807) is 44.6 Å². The highest BCUT2D eigenvalue weighted by Gasteiger charge is 2.39. The highest BCUT2D eigenvalue weighted by Crippen LogP contribution is 2.38. The number of fused-ring (bicyclic) bond motifs is 1. The second-order valence-electron chi connectivity index (χ2n) is 11.9. The smallest absolute Gasteiger partial charge is 0.277 e. The summed E-state index contributed by atoms with van der Waals surface area (Å²) in [7, 11) is 1.75. The van der Waals surface area contributed by atoms with Gasteiger partial charge in [0.2, 0.25) is 0 Å². The van der Waals surface area contributed by atoms with Crippen molar-refractivity contribution in [2.45, 2.75) is 38.3 Å².